The van der Waals surface area contributed by atoms with Crippen molar-refractivity contribution in [1.82, 2.24) is 20.6 Å². The monoisotopic (exact) mass is 376 g/mol. The van der Waals surface area contributed by atoms with E-state index in [1.165, 1.54) is 0 Å². The fourth-order valence-electron chi connectivity index (χ4n) is 1.91. The summed E-state index contributed by atoms with van der Waals surface area (Å²) < 4.78 is 4.97. The van der Waals surface area contributed by atoms with Crippen LogP contribution in [0.25, 0.3) is 10.7 Å². The van der Waals surface area contributed by atoms with Gasteiger partial charge in [0.15, 0.2) is 6.61 Å². The van der Waals surface area contributed by atoms with E-state index in [0.717, 1.165) is 17.8 Å². The fraction of sp³-hybridized carbons (Fsp3) is 0.353. The predicted octanol–water partition coefficient (Wildman–Crippen LogP) is 2.29. The molecule has 26 heavy (non-hydrogen) atoms. The third-order valence-corrected chi connectivity index (χ3v) is 4.60. The minimum absolute atomic E-state index is 0.0600. The Morgan fingerprint density at radius 3 is 2.73 bits per heavy atom. The molecular weight excluding hydrogens is 356 g/mol. The molecule has 2 aromatic rings. The second kappa shape index (κ2) is 9.04. The lowest BCUT2D eigenvalue weighted by Crippen LogP contribution is -2.44. The number of aromatic nitrogens is 2. The first-order chi connectivity index (χ1) is 12.4. The number of imide groups is 1. The number of ether oxygens (including phenoxy) is 1. The molecule has 2 N–H and O–H groups in total. The van der Waals surface area contributed by atoms with Gasteiger partial charge in [-0.25, -0.2) is 14.6 Å². The van der Waals surface area contributed by atoms with E-state index in [1.54, 1.807) is 25.3 Å². The zero-order valence-corrected chi connectivity index (χ0v) is 15.6. The van der Waals surface area contributed by atoms with E-state index >= 15 is 0 Å². The molecule has 0 aliphatic heterocycles. The minimum atomic E-state index is -0.703. The molecule has 0 aliphatic carbocycles. The number of carbonyl (C=O) groups excluding carboxylic acids is 3. The van der Waals surface area contributed by atoms with Crippen molar-refractivity contribution in [3.8, 4) is 10.7 Å². The van der Waals surface area contributed by atoms with Gasteiger partial charge in [-0.2, -0.15) is 0 Å². The lowest BCUT2D eigenvalue weighted by Gasteiger charge is -2.11. The van der Waals surface area contributed by atoms with Crippen molar-refractivity contribution < 1.29 is 19.1 Å². The van der Waals surface area contributed by atoms with Crippen molar-refractivity contribution in [2.45, 2.75) is 33.2 Å². The summed E-state index contributed by atoms with van der Waals surface area (Å²) >= 11 is 1.14. The van der Waals surface area contributed by atoms with Crippen LogP contribution < -0.4 is 10.6 Å². The molecule has 2 rings (SSSR count). The van der Waals surface area contributed by atoms with Crippen molar-refractivity contribution in [1.29, 1.82) is 0 Å². The zero-order valence-electron chi connectivity index (χ0n) is 14.7. The molecule has 0 aliphatic rings. The van der Waals surface area contributed by atoms with Crippen LogP contribution in [-0.2, 0) is 9.53 Å². The first-order valence-electron chi connectivity index (χ1n) is 8.07. The van der Waals surface area contributed by atoms with Crippen LogP contribution in [0, 0.1) is 6.92 Å². The summed E-state index contributed by atoms with van der Waals surface area (Å²) in [5.74, 6) is -1.37. The molecule has 0 bridgehead atoms. The molecule has 3 amide bonds. The highest BCUT2D eigenvalue weighted by Gasteiger charge is 2.19. The first kappa shape index (κ1) is 19.5. The maximum absolute atomic E-state index is 12.2. The van der Waals surface area contributed by atoms with Crippen molar-refractivity contribution in [2.24, 2.45) is 0 Å². The summed E-state index contributed by atoms with van der Waals surface area (Å²) in [4.78, 5) is 44.2. The average molecular weight is 376 g/mol. The molecule has 0 spiro atoms. The molecule has 0 saturated heterocycles. The van der Waals surface area contributed by atoms with Crippen molar-refractivity contribution in [3.05, 3.63) is 35.0 Å². The van der Waals surface area contributed by atoms with Crippen LogP contribution in [-0.4, -0.2) is 40.5 Å². The van der Waals surface area contributed by atoms with Gasteiger partial charge < -0.3 is 10.1 Å². The normalized spacial score (nSPS) is 11.5. The molecule has 138 valence electrons. The second-order valence-electron chi connectivity index (χ2n) is 5.56. The smallest absolute Gasteiger partial charge is 0.350 e. The standard InChI is InChI=1S/C17H20N4O4S/c1-4-10(2)19-17(24)21-13(22)9-25-16(23)14-11(3)20-15(26-14)12-7-5-6-8-18-12/h5-8,10H,4,9H2,1-3H3,(H2,19,21,22,24)/t10-/m1/s1. The van der Waals surface area contributed by atoms with E-state index in [0.29, 0.717) is 21.3 Å². The van der Waals surface area contributed by atoms with E-state index in [1.807, 2.05) is 19.9 Å². The minimum Gasteiger partial charge on any atom is -0.451 e. The van der Waals surface area contributed by atoms with E-state index in [9.17, 15) is 14.4 Å². The highest BCUT2D eigenvalue weighted by molar-refractivity contribution is 7.17. The Kier molecular flexibility index (Phi) is 6.79. The van der Waals surface area contributed by atoms with Gasteiger partial charge in [0, 0.05) is 12.2 Å². The van der Waals surface area contributed by atoms with E-state index in [4.69, 9.17) is 4.74 Å². The zero-order chi connectivity index (χ0) is 19.1. The fourth-order valence-corrected chi connectivity index (χ4v) is 2.84. The quantitative estimate of drug-likeness (QED) is 0.749. The Morgan fingerprint density at radius 2 is 2.08 bits per heavy atom. The van der Waals surface area contributed by atoms with Crippen LogP contribution in [0.1, 0.15) is 35.6 Å². The predicted molar refractivity (Wildman–Crippen MR) is 96.8 cm³/mol. The summed E-state index contributed by atoms with van der Waals surface area (Å²) in [5, 5.41) is 5.28. The highest BCUT2D eigenvalue weighted by atomic mass is 32.1. The molecule has 1 atom stereocenters. The molecule has 8 nitrogen and oxygen atoms in total. The van der Waals surface area contributed by atoms with Gasteiger partial charge in [0.25, 0.3) is 5.91 Å². The van der Waals surface area contributed by atoms with Gasteiger partial charge in [-0.3, -0.25) is 15.1 Å². The number of nitrogens with zero attached hydrogens (tertiary/aromatic N) is 2. The molecule has 2 heterocycles. The average Bonchev–Trinajstić information content (AvgIpc) is 3.02. The third-order valence-electron chi connectivity index (χ3n) is 3.44. The van der Waals surface area contributed by atoms with Crippen molar-refractivity contribution in [2.75, 3.05) is 6.61 Å². The molecular formula is C17H20N4O4S. The van der Waals surface area contributed by atoms with Crippen LogP contribution in [0.3, 0.4) is 0 Å². The Balaban J connectivity index is 1.91. The van der Waals surface area contributed by atoms with Crippen LogP contribution >= 0.6 is 11.3 Å². The molecule has 2 aromatic heterocycles. The Morgan fingerprint density at radius 1 is 1.31 bits per heavy atom. The maximum atomic E-state index is 12.2. The van der Waals surface area contributed by atoms with Gasteiger partial charge in [0.05, 0.1) is 11.4 Å². The van der Waals surface area contributed by atoms with Gasteiger partial charge in [0.2, 0.25) is 0 Å². The van der Waals surface area contributed by atoms with Crippen molar-refractivity contribution >= 4 is 29.2 Å². The van der Waals surface area contributed by atoms with Gasteiger partial charge in [-0.05, 0) is 32.4 Å². The lowest BCUT2D eigenvalue weighted by atomic mass is 10.3. The molecule has 9 heteroatoms. The Hall–Kier alpha value is -2.81. The van der Waals surface area contributed by atoms with Gasteiger partial charge in [-0.15, -0.1) is 11.3 Å². The molecule has 0 unspecified atom stereocenters. The number of carbonyl (C=O) groups is 3. The Labute approximate surface area is 155 Å². The summed E-state index contributed by atoms with van der Waals surface area (Å²) in [6.07, 6.45) is 2.37. The van der Waals surface area contributed by atoms with Crippen LogP contribution in [0.4, 0.5) is 4.79 Å². The van der Waals surface area contributed by atoms with Gasteiger partial charge >= 0.3 is 12.0 Å². The van der Waals surface area contributed by atoms with E-state index in [2.05, 4.69) is 20.6 Å². The topological polar surface area (TPSA) is 110 Å². The number of amides is 3. The van der Waals surface area contributed by atoms with Gasteiger partial charge in [0.1, 0.15) is 9.88 Å². The van der Waals surface area contributed by atoms with Crippen LogP contribution in [0.5, 0.6) is 0 Å². The largest absolute Gasteiger partial charge is 0.451 e. The second-order valence-corrected chi connectivity index (χ2v) is 6.55. The van der Waals surface area contributed by atoms with Crippen LogP contribution in [0.15, 0.2) is 24.4 Å². The van der Waals surface area contributed by atoms with Crippen molar-refractivity contribution in [3.63, 3.8) is 0 Å². The highest BCUT2D eigenvalue weighted by Crippen LogP contribution is 2.26. The number of esters is 1. The summed E-state index contributed by atoms with van der Waals surface area (Å²) in [6, 6.07) is 4.72. The summed E-state index contributed by atoms with van der Waals surface area (Å²) in [5.41, 5.74) is 1.15. The number of rotatable bonds is 6. The number of urea groups is 1. The number of hydrogen-bond donors (Lipinski definition) is 2. The summed E-state index contributed by atoms with van der Waals surface area (Å²) in [6.45, 7) is 4.85. The Bertz CT molecular complexity index is 791. The van der Waals surface area contributed by atoms with Gasteiger partial charge in [-0.1, -0.05) is 13.0 Å². The SMILES string of the molecule is CC[C@@H](C)NC(=O)NC(=O)COC(=O)c1sc(-c2ccccn2)nc1C. The maximum Gasteiger partial charge on any atom is 0.350 e. The lowest BCUT2D eigenvalue weighted by molar-refractivity contribution is -0.123. The number of aryl methyl sites for hydroxylation is 1. The molecule has 0 radical (unpaired) electrons. The van der Waals surface area contributed by atoms with E-state index < -0.39 is 24.5 Å². The molecule has 0 aromatic carbocycles. The summed E-state index contributed by atoms with van der Waals surface area (Å²) in [7, 11) is 0. The third kappa shape index (κ3) is 5.35. The number of hydrogen-bond acceptors (Lipinski definition) is 7. The number of nitrogens with one attached hydrogen (secondary N) is 2. The van der Waals surface area contributed by atoms with E-state index in [-0.39, 0.29) is 6.04 Å². The number of pyridine rings is 1. The molecule has 0 fully saturated rings. The first-order valence-corrected chi connectivity index (χ1v) is 8.88. The number of thiazole rings is 1. The molecule has 0 saturated carbocycles. The van der Waals surface area contributed by atoms with Crippen LogP contribution in [0.2, 0.25) is 0 Å².